The van der Waals surface area contributed by atoms with Gasteiger partial charge in [0.1, 0.15) is 0 Å². The fourth-order valence-corrected chi connectivity index (χ4v) is 4.58. The van der Waals surface area contributed by atoms with Gasteiger partial charge in [-0.15, -0.1) is 24.8 Å². The van der Waals surface area contributed by atoms with E-state index in [1.807, 2.05) is 4.90 Å². The standard InChI is InChI=1S/C15H25N3O.2ClH/c16-15(3-4-15)14(19)18-7-5-17(6-8-18)13-10-11-1-2-12(13)9-11;;/h11-13H,1-10,16H2;2*1H. The van der Waals surface area contributed by atoms with Crippen molar-refractivity contribution in [3.63, 3.8) is 0 Å². The first-order valence-corrected chi connectivity index (χ1v) is 7.98. The van der Waals surface area contributed by atoms with Crippen molar-refractivity contribution >= 4 is 30.7 Å². The molecule has 0 aromatic rings. The first-order valence-electron chi connectivity index (χ1n) is 7.98. The Morgan fingerprint density at radius 2 is 1.67 bits per heavy atom. The van der Waals surface area contributed by atoms with Gasteiger partial charge in [0, 0.05) is 32.2 Å². The maximum absolute atomic E-state index is 12.2. The van der Waals surface area contributed by atoms with E-state index in [9.17, 15) is 4.79 Å². The first kappa shape index (κ1) is 17.3. The minimum atomic E-state index is -0.478. The largest absolute Gasteiger partial charge is 0.339 e. The average Bonchev–Trinajstić information content (AvgIpc) is 2.90. The molecule has 4 fully saturated rings. The Morgan fingerprint density at radius 1 is 1.00 bits per heavy atom. The van der Waals surface area contributed by atoms with Crippen LogP contribution in [0.2, 0.25) is 0 Å². The molecular weight excluding hydrogens is 309 g/mol. The van der Waals surface area contributed by atoms with Gasteiger partial charge in [-0.3, -0.25) is 9.69 Å². The van der Waals surface area contributed by atoms with E-state index >= 15 is 0 Å². The average molecular weight is 336 g/mol. The summed E-state index contributed by atoms with van der Waals surface area (Å²) in [7, 11) is 0. The summed E-state index contributed by atoms with van der Waals surface area (Å²) in [6.07, 6.45) is 7.57. The third kappa shape index (κ3) is 3.05. The number of nitrogens with zero attached hydrogens (tertiary/aromatic N) is 2. The number of rotatable bonds is 2. The van der Waals surface area contributed by atoms with Crippen LogP contribution in [-0.2, 0) is 4.79 Å². The highest BCUT2D eigenvalue weighted by molar-refractivity contribution is 5.89. The third-order valence-electron chi connectivity index (χ3n) is 5.99. The van der Waals surface area contributed by atoms with Crippen molar-refractivity contribution in [2.75, 3.05) is 26.2 Å². The molecule has 3 aliphatic carbocycles. The van der Waals surface area contributed by atoms with Crippen LogP contribution in [0.3, 0.4) is 0 Å². The van der Waals surface area contributed by atoms with Crippen molar-refractivity contribution in [3.05, 3.63) is 0 Å². The molecule has 1 amide bonds. The van der Waals surface area contributed by atoms with Crippen LogP contribution in [0, 0.1) is 11.8 Å². The summed E-state index contributed by atoms with van der Waals surface area (Å²) in [6.45, 7) is 3.92. The lowest BCUT2D eigenvalue weighted by Crippen LogP contribution is -2.56. The maximum atomic E-state index is 12.2. The smallest absolute Gasteiger partial charge is 0.242 e. The molecule has 0 radical (unpaired) electrons. The zero-order valence-corrected chi connectivity index (χ0v) is 14.1. The predicted molar refractivity (Wildman–Crippen MR) is 88.0 cm³/mol. The molecule has 2 bridgehead atoms. The highest BCUT2D eigenvalue weighted by atomic mass is 35.5. The Hall–Kier alpha value is -0.0300. The monoisotopic (exact) mass is 335 g/mol. The number of amides is 1. The Morgan fingerprint density at radius 3 is 2.14 bits per heavy atom. The number of hydrogen-bond donors (Lipinski definition) is 1. The van der Waals surface area contributed by atoms with Gasteiger partial charge in [-0.25, -0.2) is 0 Å². The van der Waals surface area contributed by atoms with Crippen LogP contribution in [-0.4, -0.2) is 53.5 Å². The molecule has 3 unspecified atom stereocenters. The lowest BCUT2D eigenvalue weighted by molar-refractivity contribution is -0.135. The van der Waals surface area contributed by atoms with E-state index in [0.717, 1.165) is 56.9 Å². The van der Waals surface area contributed by atoms with E-state index in [0.29, 0.717) is 0 Å². The summed E-state index contributed by atoms with van der Waals surface area (Å²) in [5.74, 6) is 2.17. The van der Waals surface area contributed by atoms with E-state index in [4.69, 9.17) is 5.73 Å². The number of hydrogen-bond acceptors (Lipinski definition) is 3. The van der Waals surface area contributed by atoms with Gasteiger partial charge in [0.25, 0.3) is 0 Å². The van der Waals surface area contributed by atoms with Crippen molar-refractivity contribution in [2.24, 2.45) is 17.6 Å². The number of fused-ring (bicyclic) bond motifs is 2. The lowest BCUT2D eigenvalue weighted by atomic mass is 9.93. The highest BCUT2D eigenvalue weighted by Gasteiger charge is 2.49. The third-order valence-corrected chi connectivity index (χ3v) is 5.99. The van der Waals surface area contributed by atoms with Gasteiger partial charge in [0.15, 0.2) is 0 Å². The minimum Gasteiger partial charge on any atom is -0.339 e. The fraction of sp³-hybridized carbons (Fsp3) is 0.933. The highest BCUT2D eigenvalue weighted by Crippen LogP contribution is 2.46. The van der Waals surface area contributed by atoms with Crippen molar-refractivity contribution in [1.29, 1.82) is 0 Å². The number of halogens is 2. The van der Waals surface area contributed by atoms with Gasteiger partial charge in [0.2, 0.25) is 5.91 Å². The Bertz CT molecular complexity index is 394. The molecule has 122 valence electrons. The first-order chi connectivity index (χ1) is 9.16. The molecule has 4 aliphatic rings. The molecule has 3 atom stereocenters. The van der Waals surface area contributed by atoms with Crippen molar-refractivity contribution in [1.82, 2.24) is 9.80 Å². The maximum Gasteiger partial charge on any atom is 0.242 e. The molecule has 2 N–H and O–H groups in total. The molecule has 4 rings (SSSR count). The van der Waals surface area contributed by atoms with Gasteiger partial charge >= 0.3 is 0 Å². The molecule has 0 spiro atoms. The van der Waals surface area contributed by atoms with Gasteiger partial charge in [-0.2, -0.15) is 0 Å². The molecule has 1 saturated heterocycles. The van der Waals surface area contributed by atoms with Gasteiger partial charge in [-0.05, 0) is 43.9 Å². The van der Waals surface area contributed by atoms with Gasteiger partial charge in [-0.1, -0.05) is 6.42 Å². The van der Waals surface area contributed by atoms with Crippen molar-refractivity contribution in [2.45, 2.75) is 50.1 Å². The minimum absolute atomic E-state index is 0. The van der Waals surface area contributed by atoms with Crippen LogP contribution in [0.25, 0.3) is 0 Å². The Labute approximate surface area is 139 Å². The second-order valence-electron chi connectivity index (χ2n) is 7.23. The number of nitrogens with two attached hydrogens (primary N) is 1. The molecule has 3 saturated carbocycles. The van der Waals surface area contributed by atoms with Gasteiger partial charge < -0.3 is 10.6 Å². The van der Waals surface area contributed by atoms with Crippen molar-refractivity contribution < 1.29 is 4.79 Å². The molecule has 4 nitrogen and oxygen atoms in total. The van der Waals surface area contributed by atoms with E-state index < -0.39 is 5.54 Å². The van der Waals surface area contributed by atoms with E-state index in [1.54, 1.807) is 0 Å². The zero-order valence-electron chi connectivity index (χ0n) is 12.5. The zero-order chi connectivity index (χ0) is 13.0. The second-order valence-corrected chi connectivity index (χ2v) is 7.23. The number of piperazine rings is 1. The topological polar surface area (TPSA) is 49.6 Å². The molecule has 21 heavy (non-hydrogen) atoms. The fourth-order valence-electron chi connectivity index (χ4n) is 4.58. The number of carbonyl (C=O) groups excluding carboxylic acids is 1. The van der Waals surface area contributed by atoms with Crippen LogP contribution in [0.5, 0.6) is 0 Å². The summed E-state index contributed by atoms with van der Waals surface area (Å²) in [4.78, 5) is 16.9. The molecule has 6 heteroatoms. The summed E-state index contributed by atoms with van der Waals surface area (Å²) in [6, 6.07) is 0.823. The normalized spacial score (nSPS) is 36.8. The molecule has 1 heterocycles. The summed E-state index contributed by atoms with van der Waals surface area (Å²) < 4.78 is 0. The van der Waals surface area contributed by atoms with E-state index in [1.165, 1.54) is 25.7 Å². The van der Waals surface area contributed by atoms with Crippen LogP contribution >= 0.6 is 24.8 Å². The molecule has 0 aromatic heterocycles. The summed E-state index contributed by atoms with van der Waals surface area (Å²) >= 11 is 0. The molecule has 1 aliphatic heterocycles. The summed E-state index contributed by atoms with van der Waals surface area (Å²) in [5, 5.41) is 0. The lowest BCUT2D eigenvalue weighted by Gasteiger charge is -2.41. The van der Waals surface area contributed by atoms with Crippen LogP contribution in [0.4, 0.5) is 0 Å². The molecular formula is C15H27Cl2N3O. The van der Waals surface area contributed by atoms with Crippen LogP contribution in [0.15, 0.2) is 0 Å². The van der Waals surface area contributed by atoms with Crippen LogP contribution in [0.1, 0.15) is 38.5 Å². The Balaban J connectivity index is 0.000000807. The summed E-state index contributed by atoms with van der Waals surface area (Å²) in [5.41, 5.74) is 5.54. The van der Waals surface area contributed by atoms with E-state index in [2.05, 4.69) is 4.90 Å². The van der Waals surface area contributed by atoms with Gasteiger partial charge in [0.05, 0.1) is 5.54 Å². The Kier molecular flexibility index (Phi) is 5.14. The van der Waals surface area contributed by atoms with E-state index in [-0.39, 0.29) is 30.7 Å². The second kappa shape index (κ2) is 6.23. The molecule has 0 aromatic carbocycles. The SMILES string of the molecule is Cl.Cl.NC1(C(=O)N2CCN(C3CC4CCC3C4)CC2)CC1. The van der Waals surface area contributed by atoms with Crippen molar-refractivity contribution in [3.8, 4) is 0 Å². The van der Waals surface area contributed by atoms with Crippen LogP contribution < -0.4 is 5.73 Å². The quantitative estimate of drug-likeness (QED) is 0.834. The number of carbonyl (C=O) groups is 1. The predicted octanol–water partition coefficient (Wildman–Crippen LogP) is 1.65.